The Balaban J connectivity index is 2.53. The van der Waals surface area contributed by atoms with Crippen LogP contribution in [0.15, 0.2) is 0 Å². The first kappa shape index (κ1) is 16.1. The molecule has 1 rings (SSSR count). The van der Waals surface area contributed by atoms with Crippen LogP contribution < -0.4 is 5.32 Å². The molecule has 1 fully saturated rings. The Kier molecular flexibility index (Phi) is 5.93. The van der Waals surface area contributed by atoms with Crippen LogP contribution in [-0.2, 0) is 14.3 Å². The molecule has 1 heterocycles. The molecule has 1 N–H and O–H groups in total. The van der Waals surface area contributed by atoms with E-state index in [0.29, 0.717) is 24.8 Å². The van der Waals surface area contributed by atoms with Crippen LogP contribution in [-0.4, -0.2) is 60.4 Å². The number of ether oxygens (including phenoxy) is 2. The summed E-state index contributed by atoms with van der Waals surface area (Å²) >= 11 is 1.55. The van der Waals surface area contributed by atoms with E-state index in [0.717, 1.165) is 0 Å². The predicted octanol–water partition coefficient (Wildman–Crippen LogP) is 1.06. The second-order valence-corrected chi connectivity index (χ2v) is 6.25. The molecular weight excluding hydrogens is 268 g/mol. The van der Waals surface area contributed by atoms with Crippen molar-refractivity contribution in [1.29, 1.82) is 0 Å². The van der Waals surface area contributed by atoms with Crippen molar-refractivity contribution in [3.05, 3.63) is 0 Å². The van der Waals surface area contributed by atoms with Crippen molar-refractivity contribution in [3.8, 4) is 0 Å². The van der Waals surface area contributed by atoms with E-state index in [-0.39, 0.29) is 5.91 Å². The standard InChI is InChI=1S/C12H22N2O4S/c1-12(2,3)18-11(16)14-8-19-7-9(14)10(15)13-5-6-17-4/h9H,5-8H2,1-4H3,(H,13,15)/t9-/m0/s1. The summed E-state index contributed by atoms with van der Waals surface area (Å²) < 4.78 is 10.2. The molecule has 1 atom stereocenters. The third-order valence-electron chi connectivity index (χ3n) is 2.42. The SMILES string of the molecule is COCCNC(=O)[C@@H]1CSCN1C(=O)OC(C)(C)C. The van der Waals surface area contributed by atoms with Crippen molar-refractivity contribution < 1.29 is 19.1 Å². The lowest BCUT2D eigenvalue weighted by Gasteiger charge is -2.27. The van der Waals surface area contributed by atoms with E-state index in [9.17, 15) is 9.59 Å². The maximum Gasteiger partial charge on any atom is 0.411 e. The quantitative estimate of drug-likeness (QED) is 0.784. The fourth-order valence-corrected chi connectivity index (χ4v) is 2.70. The lowest BCUT2D eigenvalue weighted by Crippen LogP contribution is -2.49. The third-order valence-corrected chi connectivity index (χ3v) is 3.43. The van der Waals surface area contributed by atoms with Gasteiger partial charge in [0.1, 0.15) is 11.6 Å². The number of carbonyl (C=O) groups excluding carboxylic acids is 2. The summed E-state index contributed by atoms with van der Waals surface area (Å²) in [5, 5.41) is 2.75. The Morgan fingerprint density at radius 3 is 2.68 bits per heavy atom. The van der Waals surface area contributed by atoms with Gasteiger partial charge in [0, 0.05) is 19.4 Å². The molecule has 1 aliphatic rings. The van der Waals surface area contributed by atoms with Gasteiger partial charge in [-0.2, -0.15) is 0 Å². The van der Waals surface area contributed by atoms with E-state index in [4.69, 9.17) is 9.47 Å². The molecule has 0 aromatic heterocycles. The number of amides is 2. The van der Waals surface area contributed by atoms with Crippen molar-refractivity contribution in [2.24, 2.45) is 0 Å². The van der Waals surface area contributed by atoms with E-state index < -0.39 is 17.7 Å². The maximum atomic E-state index is 12.0. The van der Waals surface area contributed by atoms with Crippen LogP contribution >= 0.6 is 11.8 Å². The summed E-state index contributed by atoms with van der Waals surface area (Å²) in [5.74, 6) is 0.919. The Labute approximate surface area is 118 Å². The first-order chi connectivity index (χ1) is 8.85. The number of hydrogen-bond acceptors (Lipinski definition) is 5. The van der Waals surface area contributed by atoms with Gasteiger partial charge in [0.25, 0.3) is 0 Å². The molecule has 0 bridgehead atoms. The smallest absolute Gasteiger partial charge is 0.411 e. The van der Waals surface area contributed by atoms with Gasteiger partial charge < -0.3 is 14.8 Å². The van der Waals surface area contributed by atoms with Gasteiger partial charge in [-0.25, -0.2) is 4.79 Å². The van der Waals surface area contributed by atoms with Crippen LogP contribution in [0.25, 0.3) is 0 Å². The average molecular weight is 290 g/mol. The minimum absolute atomic E-state index is 0.159. The molecule has 7 heteroatoms. The Bertz CT molecular complexity index is 330. The zero-order valence-electron chi connectivity index (χ0n) is 11.9. The second kappa shape index (κ2) is 7.00. The predicted molar refractivity (Wildman–Crippen MR) is 74.1 cm³/mol. The highest BCUT2D eigenvalue weighted by Crippen LogP contribution is 2.23. The Hall–Kier alpha value is -0.950. The molecule has 6 nitrogen and oxygen atoms in total. The molecule has 0 saturated carbocycles. The van der Waals surface area contributed by atoms with Gasteiger partial charge in [0.05, 0.1) is 12.5 Å². The van der Waals surface area contributed by atoms with Crippen molar-refractivity contribution >= 4 is 23.8 Å². The lowest BCUT2D eigenvalue weighted by atomic mass is 10.2. The van der Waals surface area contributed by atoms with Gasteiger partial charge in [-0.1, -0.05) is 0 Å². The Morgan fingerprint density at radius 2 is 2.11 bits per heavy atom. The molecule has 0 spiro atoms. The number of methoxy groups -OCH3 is 1. The third kappa shape index (κ3) is 5.28. The summed E-state index contributed by atoms with van der Waals surface area (Å²) in [6.45, 7) is 6.32. The second-order valence-electron chi connectivity index (χ2n) is 5.25. The fourth-order valence-electron chi connectivity index (χ4n) is 1.55. The van der Waals surface area contributed by atoms with E-state index in [1.807, 2.05) is 20.8 Å². The molecule has 2 amide bonds. The molecule has 0 unspecified atom stereocenters. The number of thioether (sulfide) groups is 1. The molecular formula is C12H22N2O4S. The molecule has 110 valence electrons. The highest BCUT2D eigenvalue weighted by molar-refractivity contribution is 7.99. The molecule has 0 aromatic rings. The van der Waals surface area contributed by atoms with Crippen LogP contribution in [0, 0.1) is 0 Å². The molecule has 0 aliphatic carbocycles. The van der Waals surface area contributed by atoms with Crippen LogP contribution in [0.4, 0.5) is 4.79 Å². The normalized spacial score (nSPS) is 19.4. The number of nitrogens with one attached hydrogen (secondary N) is 1. The summed E-state index contributed by atoms with van der Waals surface area (Å²) in [4.78, 5) is 25.4. The fraction of sp³-hybridized carbons (Fsp3) is 0.833. The average Bonchev–Trinajstić information content (AvgIpc) is 2.75. The van der Waals surface area contributed by atoms with Crippen LogP contribution in [0.2, 0.25) is 0 Å². The summed E-state index contributed by atoms with van der Waals surface area (Å²) in [7, 11) is 1.57. The minimum atomic E-state index is -0.554. The molecule has 1 saturated heterocycles. The first-order valence-corrected chi connectivity index (χ1v) is 7.34. The van der Waals surface area contributed by atoms with E-state index in [1.54, 1.807) is 18.9 Å². The topological polar surface area (TPSA) is 67.9 Å². The summed E-state index contributed by atoms with van der Waals surface area (Å²) in [5.41, 5.74) is -0.554. The van der Waals surface area contributed by atoms with Crippen LogP contribution in [0.3, 0.4) is 0 Å². The molecule has 19 heavy (non-hydrogen) atoms. The largest absolute Gasteiger partial charge is 0.444 e. The van der Waals surface area contributed by atoms with Gasteiger partial charge >= 0.3 is 6.09 Å². The summed E-state index contributed by atoms with van der Waals surface area (Å²) in [6.07, 6.45) is -0.440. The first-order valence-electron chi connectivity index (χ1n) is 6.19. The van der Waals surface area contributed by atoms with Crippen molar-refractivity contribution in [2.45, 2.75) is 32.4 Å². The maximum absolute atomic E-state index is 12.0. The minimum Gasteiger partial charge on any atom is -0.444 e. The zero-order valence-corrected chi connectivity index (χ0v) is 12.7. The van der Waals surface area contributed by atoms with Crippen LogP contribution in [0.1, 0.15) is 20.8 Å². The Morgan fingerprint density at radius 1 is 1.42 bits per heavy atom. The monoisotopic (exact) mass is 290 g/mol. The number of nitrogens with zero attached hydrogens (tertiary/aromatic N) is 1. The van der Waals surface area contributed by atoms with E-state index in [2.05, 4.69) is 5.32 Å². The molecule has 0 radical (unpaired) electrons. The van der Waals surface area contributed by atoms with Gasteiger partial charge in [0.2, 0.25) is 5.91 Å². The number of hydrogen-bond donors (Lipinski definition) is 1. The van der Waals surface area contributed by atoms with Gasteiger partial charge in [-0.15, -0.1) is 11.8 Å². The van der Waals surface area contributed by atoms with Gasteiger partial charge in [0.15, 0.2) is 0 Å². The van der Waals surface area contributed by atoms with Gasteiger partial charge in [-0.05, 0) is 20.8 Å². The van der Waals surface area contributed by atoms with Crippen molar-refractivity contribution in [3.63, 3.8) is 0 Å². The molecule has 1 aliphatic heterocycles. The zero-order chi connectivity index (χ0) is 14.5. The number of carbonyl (C=O) groups is 2. The van der Waals surface area contributed by atoms with Crippen molar-refractivity contribution in [2.75, 3.05) is 31.9 Å². The van der Waals surface area contributed by atoms with Crippen molar-refractivity contribution in [1.82, 2.24) is 10.2 Å². The van der Waals surface area contributed by atoms with E-state index in [1.165, 1.54) is 4.90 Å². The number of rotatable bonds is 4. The highest BCUT2D eigenvalue weighted by Gasteiger charge is 2.36. The summed E-state index contributed by atoms with van der Waals surface area (Å²) in [6, 6.07) is -0.461. The lowest BCUT2D eigenvalue weighted by molar-refractivity contribution is -0.125. The highest BCUT2D eigenvalue weighted by atomic mass is 32.2. The van der Waals surface area contributed by atoms with Gasteiger partial charge in [-0.3, -0.25) is 9.69 Å². The van der Waals surface area contributed by atoms with Crippen LogP contribution in [0.5, 0.6) is 0 Å². The molecule has 0 aromatic carbocycles. The van der Waals surface area contributed by atoms with E-state index >= 15 is 0 Å².